The third-order valence-electron chi connectivity index (χ3n) is 3.10. The first-order chi connectivity index (χ1) is 8.59. The Hall–Kier alpha value is -1.55. The number of rotatable bonds is 5. The van der Waals surface area contributed by atoms with Gasteiger partial charge in [-0.25, -0.2) is 4.98 Å². The Kier molecular flexibility index (Phi) is 3.87. The Morgan fingerprint density at radius 1 is 1.33 bits per heavy atom. The van der Waals surface area contributed by atoms with Crippen LogP contribution in [-0.4, -0.2) is 35.7 Å². The quantitative estimate of drug-likeness (QED) is 0.876. The zero-order valence-corrected chi connectivity index (χ0v) is 11.6. The second-order valence-electron chi connectivity index (χ2n) is 4.99. The number of likely N-dealkylation sites (N-methyl/N-ethyl adjacent to an activating group) is 1. The molecular weight excluding hydrogens is 224 g/mol. The number of aromatic nitrogens is 2. The third-order valence-corrected chi connectivity index (χ3v) is 3.10. The van der Waals surface area contributed by atoms with E-state index in [1.54, 1.807) is 0 Å². The average Bonchev–Trinajstić information content (AvgIpc) is 2.67. The van der Waals surface area contributed by atoms with Crippen LogP contribution in [0.2, 0.25) is 0 Å². The van der Waals surface area contributed by atoms with Crippen LogP contribution >= 0.6 is 0 Å². The van der Waals surface area contributed by atoms with Crippen LogP contribution < -0.4 is 10.2 Å². The molecule has 98 valence electrons. The minimum absolute atomic E-state index is 0.527. The third kappa shape index (κ3) is 2.64. The number of benzene rings is 1. The van der Waals surface area contributed by atoms with E-state index >= 15 is 0 Å². The van der Waals surface area contributed by atoms with Gasteiger partial charge in [0.15, 0.2) is 0 Å². The fourth-order valence-corrected chi connectivity index (χ4v) is 2.10. The number of nitrogens with one attached hydrogen (secondary N) is 1. The van der Waals surface area contributed by atoms with E-state index in [4.69, 9.17) is 0 Å². The molecule has 0 atom stereocenters. The van der Waals surface area contributed by atoms with Crippen LogP contribution in [0.1, 0.15) is 13.8 Å². The first kappa shape index (κ1) is 12.9. The molecule has 4 heteroatoms. The summed E-state index contributed by atoms with van der Waals surface area (Å²) in [6.45, 7) is 6.25. The Morgan fingerprint density at radius 2 is 2.06 bits per heavy atom. The van der Waals surface area contributed by atoms with Crippen molar-refractivity contribution in [1.82, 2.24) is 14.9 Å². The molecule has 2 aromatic rings. The minimum atomic E-state index is 0.527. The molecule has 0 saturated heterocycles. The molecule has 0 aliphatic rings. The molecule has 0 saturated carbocycles. The van der Waals surface area contributed by atoms with Crippen molar-refractivity contribution >= 4 is 17.0 Å². The summed E-state index contributed by atoms with van der Waals surface area (Å²) >= 11 is 0. The molecule has 0 unspecified atom stereocenters. The number of anilines is 1. The Morgan fingerprint density at radius 3 is 2.72 bits per heavy atom. The van der Waals surface area contributed by atoms with Gasteiger partial charge < -0.3 is 14.8 Å². The van der Waals surface area contributed by atoms with E-state index in [2.05, 4.69) is 59.8 Å². The predicted molar refractivity (Wildman–Crippen MR) is 77.1 cm³/mol. The molecule has 1 aromatic carbocycles. The maximum absolute atomic E-state index is 4.67. The second kappa shape index (κ2) is 5.40. The number of nitrogens with zero attached hydrogens (tertiary/aromatic N) is 3. The topological polar surface area (TPSA) is 33.1 Å². The molecular formula is C14H22N4. The van der Waals surface area contributed by atoms with Gasteiger partial charge in [-0.2, -0.15) is 0 Å². The monoisotopic (exact) mass is 246 g/mol. The van der Waals surface area contributed by atoms with Crippen molar-refractivity contribution in [3.05, 3.63) is 24.3 Å². The lowest BCUT2D eigenvalue weighted by atomic mass is 10.3. The zero-order chi connectivity index (χ0) is 13.1. The lowest BCUT2D eigenvalue weighted by Gasteiger charge is -2.19. The minimum Gasteiger partial charge on any atom is -0.344 e. The van der Waals surface area contributed by atoms with Crippen LogP contribution in [0, 0.1) is 0 Å². The van der Waals surface area contributed by atoms with Gasteiger partial charge in [-0.15, -0.1) is 0 Å². The van der Waals surface area contributed by atoms with E-state index in [1.807, 2.05) is 12.1 Å². The molecule has 18 heavy (non-hydrogen) atoms. The van der Waals surface area contributed by atoms with Crippen molar-refractivity contribution in [2.24, 2.45) is 7.05 Å². The lowest BCUT2D eigenvalue weighted by molar-refractivity contribution is 0.586. The molecule has 0 bridgehead atoms. The van der Waals surface area contributed by atoms with Gasteiger partial charge in [0.25, 0.3) is 0 Å². The number of imidazole rings is 1. The highest BCUT2D eigenvalue weighted by Gasteiger charge is 2.10. The normalized spacial score (nSPS) is 11.4. The van der Waals surface area contributed by atoms with Gasteiger partial charge in [-0.05, 0) is 12.1 Å². The highest BCUT2D eigenvalue weighted by atomic mass is 15.3. The van der Waals surface area contributed by atoms with Gasteiger partial charge in [0.1, 0.15) is 0 Å². The summed E-state index contributed by atoms with van der Waals surface area (Å²) in [5, 5.41) is 3.42. The Labute approximate surface area is 109 Å². The lowest BCUT2D eigenvalue weighted by Crippen LogP contribution is -2.33. The maximum Gasteiger partial charge on any atom is 0.206 e. The molecule has 1 N–H and O–H groups in total. The maximum atomic E-state index is 4.67. The van der Waals surface area contributed by atoms with E-state index < -0.39 is 0 Å². The van der Waals surface area contributed by atoms with E-state index in [0.29, 0.717) is 6.04 Å². The number of hydrogen-bond donors (Lipinski definition) is 1. The van der Waals surface area contributed by atoms with Crippen LogP contribution in [0.4, 0.5) is 5.95 Å². The van der Waals surface area contributed by atoms with Crippen LogP contribution in [0.5, 0.6) is 0 Å². The van der Waals surface area contributed by atoms with Gasteiger partial charge in [0, 0.05) is 33.2 Å². The van der Waals surface area contributed by atoms with Crippen LogP contribution in [0.25, 0.3) is 11.0 Å². The van der Waals surface area contributed by atoms with Crippen molar-refractivity contribution in [1.29, 1.82) is 0 Å². The van der Waals surface area contributed by atoms with Gasteiger partial charge in [-0.3, -0.25) is 0 Å². The van der Waals surface area contributed by atoms with Gasteiger partial charge in [0.2, 0.25) is 5.95 Å². The first-order valence-electron chi connectivity index (χ1n) is 6.45. The smallest absolute Gasteiger partial charge is 0.206 e. The second-order valence-corrected chi connectivity index (χ2v) is 4.99. The molecule has 4 nitrogen and oxygen atoms in total. The summed E-state index contributed by atoms with van der Waals surface area (Å²) in [5.74, 6) is 1.02. The molecule has 2 rings (SSSR count). The molecule has 0 fully saturated rings. The molecule has 0 aliphatic carbocycles. The van der Waals surface area contributed by atoms with Crippen molar-refractivity contribution in [3.63, 3.8) is 0 Å². The van der Waals surface area contributed by atoms with Crippen molar-refractivity contribution in [3.8, 4) is 0 Å². The van der Waals surface area contributed by atoms with Crippen LogP contribution in [-0.2, 0) is 7.05 Å². The largest absolute Gasteiger partial charge is 0.344 e. The number of para-hydroxylation sites is 2. The number of fused-ring (bicyclic) bond motifs is 1. The van der Waals surface area contributed by atoms with Gasteiger partial charge in [-0.1, -0.05) is 26.0 Å². The van der Waals surface area contributed by atoms with Crippen molar-refractivity contribution in [2.75, 3.05) is 25.0 Å². The molecule has 1 aromatic heterocycles. The summed E-state index contributed by atoms with van der Waals surface area (Å²) in [6.07, 6.45) is 0. The highest BCUT2D eigenvalue weighted by Crippen LogP contribution is 2.19. The van der Waals surface area contributed by atoms with E-state index in [-0.39, 0.29) is 0 Å². The summed E-state index contributed by atoms with van der Waals surface area (Å²) < 4.78 is 2.14. The molecule has 0 aliphatic heterocycles. The summed E-state index contributed by atoms with van der Waals surface area (Å²) in [7, 11) is 4.15. The molecule has 0 radical (unpaired) electrons. The van der Waals surface area contributed by atoms with Crippen molar-refractivity contribution in [2.45, 2.75) is 19.9 Å². The number of hydrogen-bond acceptors (Lipinski definition) is 3. The predicted octanol–water partition coefficient (Wildman–Crippen LogP) is 2.01. The highest BCUT2D eigenvalue weighted by molar-refractivity contribution is 5.78. The Bertz CT molecular complexity index is 515. The fourth-order valence-electron chi connectivity index (χ4n) is 2.10. The summed E-state index contributed by atoms with van der Waals surface area (Å²) in [6, 6.07) is 8.76. The van der Waals surface area contributed by atoms with Crippen LogP contribution in [0.3, 0.4) is 0 Å². The summed E-state index contributed by atoms with van der Waals surface area (Å²) in [4.78, 5) is 6.86. The van der Waals surface area contributed by atoms with Gasteiger partial charge >= 0.3 is 0 Å². The van der Waals surface area contributed by atoms with E-state index in [9.17, 15) is 0 Å². The standard InChI is InChI=1S/C14H22N4/c1-11(2)15-9-10-17(3)14-16-12-7-5-6-8-13(12)18(14)4/h5-8,11,15H,9-10H2,1-4H3. The fraction of sp³-hybridized carbons (Fsp3) is 0.500. The zero-order valence-electron chi connectivity index (χ0n) is 11.6. The first-order valence-corrected chi connectivity index (χ1v) is 6.45. The van der Waals surface area contributed by atoms with E-state index in [1.165, 1.54) is 5.52 Å². The average molecular weight is 246 g/mol. The molecule has 1 heterocycles. The number of aryl methyl sites for hydroxylation is 1. The van der Waals surface area contributed by atoms with E-state index in [0.717, 1.165) is 24.6 Å². The molecule has 0 spiro atoms. The van der Waals surface area contributed by atoms with Crippen LogP contribution in [0.15, 0.2) is 24.3 Å². The summed E-state index contributed by atoms with van der Waals surface area (Å²) in [5.41, 5.74) is 2.23. The van der Waals surface area contributed by atoms with Crippen molar-refractivity contribution < 1.29 is 0 Å². The van der Waals surface area contributed by atoms with Gasteiger partial charge in [0.05, 0.1) is 11.0 Å². The Balaban J connectivity index is 2.12. The SMILES string of the molecule is CC(C)NCCN(C)c1nc2ccccc2n1C. The molecule has 0 amide bonds.